The number of esters is 2. The van der Waals surface area contributed by atoms with Crippen molar-refractivity contribution < 1.29 is 42.7 Å². The van der Waals surface area contributed by atoms with Gasteiger partial charge in [-0.3, -0.25) is 4.79 Å². The van der Waals surface area contributed by atoms with Crippen LogP contribution in [0.25, 0.3) is 0 Å². The summed E-state index contributed by atoms with van der Waals surface area (Å²) in [7, 11) is 1.62. The van der Waals surface area contributed by atoms with Crippen LogP contribution in [-0.2, 0) is 64.4 Å². The number of hydrogen-bond acceptors (Lipinski definition) is 9. The van der Waals surface area contributed by atoms with Crippen LogP contribution in [-0.4, -0.2) is 62.8 Å². The molecule has 0 fully saturated rings. The fraction of sp³-hybridized carbons (Fsp3) is 0.360. The van der Waals surface area contributed by atoms with Gasteiger partial charge in [-0.05, 0) is 55.2 Å². The topological polar surface area (TPSA) is 98.8 Å². The highest BCUT2D eigenvalue weighted by molar-refractivity contribution is 5.89. The molecule has 0 saturated carbocycles. The fourth-order valence-corrected chi connectivity index (χ4v) is 6.33. The molecule has 0 heterocycles. The quantitative estimate of drug-likeness (QED) is 0.0565. The monoisotopic (exact) mass is 802 g/mol. The van der Waals surface area contributed by atoms with Crippen molar-refractivity contribution in [3.63, 3.8) is 0 Å². The maximum Gasteiger partial charge on any atom is 0.338 e. The average Bonchev–Trinajstić information content (AvgIpc) is 3.26. The van der Waals surface area contributed by atoms with Gasteiger partial charge in [-0.2, -0.15) is 0 Å². The SMILES string of the molecule is CO[C@@H](C[C@H](C[C@H](OCc1ccccc1)[C@@H](COC(=O)C(C)(C)C)OCc1ccccc1)OC(=O)c1ccccc1)[C@H](COCc1ccccc1)OCc1ccccc1. The molecular weight excluding hydrogens is 745 g/mol. The number of benzene rings is 5. The van der Waals surface area contributed by atoms with Crippen LogP contribution in [0, 0.1) is 5.41 Å². The van der Waals surface area contributed by atoms with Gasteiger partial charge < -0.3 is 33.2 Å². The number of ether oxygens (including phenoxy) is 7. The summed E-state index contributed by atoms with van der Waals surface area (Å²) in [4.78, 5) is 27.0. The molecule has 59 heavy (non-hydrogen) atoms. The van der Waals surface area contributed by atoms with E-state index in [1.54, 1.807) is 31.4 Å². The van der Waals surface area contributed by atoms with Gasteiger partial charge in [-0.15, -0.1) is 0 Å². The lowest BCUT2D eigenvalue weighted by Crippen LogP contribution is -2.43. The first-order chi connectivity index (χ1) is 28.7. The van der Waals surface area contributed by atoms with Crippen molar-refractivity contribution in [2.45, 2.75) is 90.6 Å². The van der Waals surface area contributed by atoms with E-state index in [9.17, 15) is 9.59 Å². The second-order valence-corrected chi connectivity index (χ2v) is 15.5. The molecular formula is C50H58O9. The third-order valence-corrected chi connectivity index (χ3v) is 9.71. The zero-order valence-electron chi connectivity index (χ0n) is 34.7. The summed E-state index contributed by atoms with van der Waals surface area (Å²) in [5.41, 5.74) is 3.60. The molecule has 0 saturated heterocycles. The van der Waals surface area contributed by atoms with Gasteiger partial charge in [0.05, 0.1) is 56.2 Å². The van der Waals surface area contributed by atoms with E-state index in [1.807, 2.05) is 148 Å². The first-order valence-electron chi connectivity index (χ1n) is 20.2. The Morgan fingerprint density at radius 1 is 0.492 bits per heavy atom. The van der Waals surface area contributed by atoms with Crippen LogP contribution in [0.1, 0.15) is 66.2 Å². The molecule has 5 aromatic carbocycles. The zero-order chi connectivity index (χ0) is 41.7. The van der Waals surface area contributed by atoms with E-state index in [-0.39, 0.29) is 45.2 Å². The fourth-order valence-electron chi connectivity index (χ4n) is 6.33. The first-order valence-corrected chi connectivity index (χ1v) is 20.2. The Balaban J connectivity index is 1.45. The third kappa shape index (κ3) is 15.8. The molecule has 0 aromatic heterocycles. The van der Waals surface area contributed by atoms with Gasteiger partial charge in [0.15, 0.2) is 0 Å². The van der Waals surface area contributed by atoms with Crippen molar-refractivity contribution >= 4 is 11.9 Å². The largest absolute Gasteiger partial charge is 0.462 e. The Bertz CT molecular complexity index is 1900. The van der Waals surface area contributed by atoms with Crippen LogP contribution >= 0.6 is 0 Å². The molecule has 9 heteroatoms. The minimum Gasteiger partial charge on any atom is -0.462 e. The number of hydrogen-bond donors (Lipinski definition) is 0. The van der Waals surface area contributed by atoms with Gasteiger partial charge in [0.1, 0.15) is 24.9 Å². The van der Waals surface area contributed by atoms with Crippen molar-refractivity contribution in [2.24, 2.45) is 5.41 Å². The Morgan fingerprint density at radius 3 is 1.32 bits per heavy atom. The second kappa shape index (κ2) is 24.1. The highest BCUT2D eigenvalue weighted by atomic mass is 16.6. The van der Waals surface area contributed by atoms with E-state index in [4.69, 9.17) is 33.2 Å². The number of methoxy groups -OCH3 is 1. The Morgan fingerprint density at radius 2 is 0.881 bits per heavy atom. The molecule has 0 N–H and O–H groups in total. The van der Waals surface area contributed by atoms with Gasteiger partial charge >= 0.3 is 11.9 Å². The molecule has 312 valence electrons. The van der Waals surface area contributed by atoms with Crippen molar-refractivity contribution in [3.8, 4) is 0 Å². The molecule has 0 aliphatic carbocycles. The standard InChI is InChI=1S/C50H58O9/c1-50(2,3)49(52)58-37-47(57-35-41-26-16-8-17-27-41)45(55-33-39-22-12-6-13-23-39)31-43(59-48(51)42-28-18-9-19-29-42)30-44(53-4)46(56-34-40-24-14-7-15-25-40)36-54-32-38-20-10-5-11-21-38/h5-29,43-47H,30-37H2,1-4H3/t43-,44+,45+,46+,47-/m1/s1. The van der Waals surface area contributed by atoms with Crippen molar-refractivity contribution in [1.29, 1.82) is 0 Å². The van der Waals surface area contributed by atoms with Crippen molar-refractivity contribution in [3.05, 3.63) is 179 Å². The van der Waals surface area contributed by atoms with Gasteiger partial charge in [0.25, 0.3) is 0 Å². The minimum absolute atomic E-state index is 0.0778. The molecule has 0 aliphatic heterocycles. The molecule has 5 aromatic rings. The molecule has 0 amide bonds. The normalized spacial score (nSPS) is 14.1. The van der Waals surface area contributed by atoms with E-state index in [1.165, 1.54) is 0 Å². The predicted octanol–water partition coefficient (Wildman–Crippen LogP) is 9.57. The molecule has 9 nitrogen and oxygen atoms in total. The van der Waals surface area contributed by atoms with Gasteiger partial charge in [0.2, 0.25) is 0 Å². The minimum atomic E-state index is -0.758. The first kappa shape index (κ1) is 44.9. The van der Waals surface area contributed by atoms with E-state index in [2.05, 4.69) is 0 Å². The lowest BCUT2D eigenvalue weighted by Gasteiger charge is -2.33. The highest BCUT2D eigenvalue weighted by Gasteiger charge is 2.35. The summed E-state index contributed by atoms with van der Waals surface area (Å²) >= 11 is 0. The molecule has 0 unspecified atom stereocenters. The molecule has 5 rings (SSSR count). The summed E-state index contributed by atoms with van der Waals surface area (Å²) in [6, 6.07) is 48.3. The molecule has 0 aliphatic rings. The van der Waals surface area contributed by atoms with Gasteiger partial charge in [-0.1, -0.05) is 140 Å². The van der Waals surface area contributed by atoms with Crippen LogP contribution in [0.4, 0.5) is 0 Å². The van der Waals surface area contributed by atoms with Gasteiger partial charge in [0, 0.05) is 20.0 Å². The lowest BCUT2D eigenvalue weighted by molar-refractivity contribution is -0.166. The number of carbonyl (C=O) groups is 2. The molecule has 0 spiro atoms. The van der Waals surface area contributed by atoms with Gasteiger partial charge in [-0.25, -0.2) is 4.79 Å². The van der Waals surface area contributed by atoms with E-state index in [0.29, 0.717) is 18.8 Å². The number of rotatable bonds is 24. The van der Waals surface area contributed by atoms with Crippen LogP contribution in [0.2, 0.25) is 0 Å². The van der Waals surface area contributed by atoms with Crippen molar-refractivity contribution in [2.75, 3.05) is 20.3 Å². The summed E-state index contributed by atoms with van der Waals surface area (Å²) in [5.74, 6) is -0.858. The summed E-state index contributed by atoms with van der Waals surface area (Å²) in [6.45, 7) is 6.77. The smallest absolute Gasteiger partial charge is 0.338 e. The van der Waals surface area contributed by atoms with E-state index >= 15 is 0 Å². The third-order valence-electron chi connectivity index (χ3n) is 9.71. The Labute approximate surface area is 349 Å². The number of carbonyl (C=O) groups excluding carboxylic acids is 2. The van der Waals surface area contributed by atoms with E-state index < -0.39 is 41.9 Å². The second-order valence-electron chi connectivity index (χ2n) is 15.5. The van der Waals surface area contributed by atoms with Crippen LogP contribution in [0.3, 0.4) is 0 Å². The van der Waals surface area contributed by atoms with Crippen LogP contribution < -0.4 is 0 Å². The van der Waals surface area contributed by atoms with Crippen LogP contribution in [0.5, 0.6) is 0 Å². The summed E-state index contributed by atoms with van der Waals surface area (Å²) < 4.78 is 44.5. The molecule has 0 radical (unpaired) electrons. The zero-order valence-corrected chi connectivity index (χ0v) is 34.7. The maximum atomic E-state index is 13.8. The predicted molar refractivity (Wildman–Crippen MR) is 227 cm³/mol. The van der Waals surface area contributed by atoms with Crippen molar-refractivity contribution in [1.82, 2.24) is 0 Å². The Kier molecular flexibility index (Phi) is 18.3. The average molecular weight is 803 g/mol. The van der Waals surface area contributed by atoms with E-state index in [0.717, 1.165) is 22.3 Å². The highest BCUT2D eigenvalue weighted by Crippen LogP contribution is 2.25. The maximum absolute atomic E-state index is 13.8. The molecule has 5 atom stereocenters. The summed E-state index contributed by atoms with van der Waals surface area (Å²) in [5, 5.41) is 0. The lowest BCUT2D eigenvalue weighted by atomic mass is 9.97. The molecule has 0 bridgehead atoms. The summed E-state index contributed by atoms with van der Waals surface area (Å²) in [6.07, 6.45) is -2.87. The van der Waals surface area contributed by atoms with Crippen LogP contribution in [0.15, 0.2) is 152 Å². The Hall–Kier alpha value is -5.16.